The van der Waals surface area contributed by atoms with E-state index in [0.29, 0.717) is 17.5 Å². The molecule has 9 heteroatoms. The molecule has 0 radical (unpaired) electrons. The third kappa shape index (κ3) is 5.53. The summed E-state index contributed by atoms with van der Waals surface area (Å²) in [6.45, 7) is 6.29. The Morgan fingerprint density at radius 2 is 1.81 bits per heavy atom. The number of halogens is 1. The Labute approximate surface area is 190 Å². The zero-order chi connectivity index (χ0) is 23.1. The van der Waals surface area contributed by atoms with Crippen molar-refractivity contribution in [3.63, 3.8) is 0 Å². The highest BCUT2D eigenvalue weighted by Gasteiger charge is 2.21. The summed E-state index contributed by atoms with van der Waals surface area (Å²) >= 11 is 1.27. The molecule has 0 spiro atoms. The van der Waals surface area contributed by atoms with Crippen molar-refractivity contribution < 1.29 is 14.0 Å². The number of thioether (sulfide) groups is 1. The summed E-state index contributed by atoms with van der Waals surface area (Å²) in [5.41, 5.74) is 1.85. The van der Waals surface area contributed by atoms with Gasteiger partial charge in [-0.15, -0.1) is 10.2 Å². The van der Waals surface area contributed by atoms with E-state index in [4.69, 9.17) is 0 Å². The molecule has 0 aliphatic carbocycles. The molecule has 0 saturated heterocycles. The van der Waals surface area contributed by atoms with Gasteiger partial charge in [0.15, 0.2) is 11.0 Å². The van der Waals surface area contributed by atoms with Crippen molar-refractivity contribution in [1.29, 1.82) is 0 Å². The van der Waals surface area contributed by atoms with Crippen LogP contribution in [0.4, 0.5) is 10.1 Å². The third-order valence-corrected chi connectivity index (χ3v) is 5.89. The van der Waals surface area contributed by atoms with Crippen molar-refractivity contribution in [1.82, 2.24) is 20.1 Å². The molecule has 2 N–H and O–H groups in total. The second-order valence-electron chi connectivity index (χ2n) is 7.11. The van der Waals surface area contributed by atoms with Crippen LogP contribution in [-0.2, 0) is 17.8 Å². The molecule has 0 saturated carbocycles. The molecule has 0 aliphatic heterocycles. The van der Waals surface area contributed by atoms with Crippen LogP contribution in [0, 0.1) is 5.82 Å². The van der Waals surface area contributed by atoms with Crippen LogP contribution in [-0.4, -0.2) is 32.3 Å². The molecule has 0 unspecified atom stereocenters. The average molecular weight is 456 g/mol. The molecule has 3 rings (SSSR count). The molecule has 1 aromatic heterocycles. The summed E-state index contributed by atoms with van der Waals surface area (Å²) in [6, 6.07) is 13.0. The van der Waals surface area contributed by atoms with Gasteiger partial charge in [0, 0.05) is 12.2 Å². The van der Waals surface area contributed by atoms with Gasteiger partial charge in [0.1, 0.15) is 5.82 Å². The molecule has 1 atom stereocenters. The number of rotatable bonds is 9. The lowest BCUT2D eigenvalue weighted by atomic mass is 10.1. The first-order valence-corrected chi connectivity index (χ1v) is 11.4. The van der Waals surface area contributed by atoms with Crippen molar-refractivity contribution in [3.8, 4) is 0 Å². The van der Waals surface area contributed by atoms with E-state index in [1.165, 1.54) is 30.0 Å². The molecule has 1 heterocycles. The van der Waals surface area contributed by atoms with Crippen molar-refractivity contribution in [2.75, 3.05) is 11.1 Å². The van der Waals surface area contributed by atoms with Crippen molar-refractivity contribution >= 4 is 29.3 Å². The quantitative estimate of drug-likeness (QED) is 0.472. The largest absolute Gasteiger partial charge is 0.342 e. The smallest absolute Gasteiger partial charge is 0.254 e. The fourth-order valence-corrected chi connectivity index (χ4v) is 4.08. The van der Waals surface area contributed by atoms with Crippen LogP contribution in [0.2, 0.25) is 0 Å². The molecule has 168 valence electrons. The molecule has 7 nitrogen and oxygen atoms in total. The monoisotopic (exact) mass is 455 g/mol. The molecule has 0 aliphatic rings. The zero-order valence-electron chi connectivity index (χ0n) is 18.3. The lowest BCUT2D eigenvalue weighted by Crippen LogP contribution is -2.29. The highest BCUT2D eigenvalue weighted by atomic mass is 32.2. The summed E-state index contributed by atoms with van der Waals surface area (Å²) in [6.07, 6.45) is 0.827. The molecule has 0 bridgehead atoms. The van der Waals surface area contributed by atoms with E-state index < -0.39 is 17.8 Å². The maximum absolute atomic E-state index is 13.9. The predicted octanol–water partition coefficient (Wildman–Crippen LogP) is 4.22. The lowest BCUT2D eigenvalue weighted by Gasteiger charge is -2.15. The zero-order valence-corrected chi connectivity index (χ0v) is 19.1. The van der Waals surface area contributed by atoms with E-state index in [0.717, 1.165) is 17.7 Å². The molecule has 32 heavy (non-hydrogen) atoms. The third-order valence-electron chi connectivity index (χ3n) is 4.92. The Bertz CT molecular complexity index is 1100. The number of carbonyl (C=O) groups excluding carboxylic acids is 2. The molecule has 0 fully saturated rings. The second kappa shape index (κ2) is 10.9. The van der Waals surface area contributed by atoms with Gasteiger partial charge in [-0.25, -0.2) is 4.39 Å². The number of carbonyl (C=O) groups is 2. The molecular formula is C23H26FN5O2S. The summed E-state index contributed by atoms with van der Waals surface area (Å²) in [4.78, 5) is 24.9. The maximum atomic E-state index is 13.9. The van der Waals surface area contributed by atoms with Crippen LogP contribution in [0.1, 0.15) is 48.6 Å². The van der Waals surface area contributed by atoms with Gasteiger partial charge in [-0.05, 0) is 44.0 Å². The van der Waals surface area contributed by atoms with E-state index in [9.17, 15) is 14.0 Å². The fourth-order valence-electron chi connectivity index (χ4n) is 3.28. The minimum Gasteiger partial charge on any atom is -0.342 e. The number of aromatic nitrogens is 3. The summed E-state index contributed by atoms with van der Waals surface area (Å²) in [7, 11) is 0. The Balaban J connectivity index is 1.64. The van der Waals surface area contributed by atoms with Gasteiger partial charge in [0.25, 0.3) is 5.91 Å². The summed E-state index contributed by atoms with van der Waals surface area (Å²) < 4.78 is 15.7. The van der Waals surface area contributed by atoms with Gasteiger partial charge in [0.2, 0.25) is 5.91 Å². The Hall–Kier alpha value is -3.20. The number of nitrogens with one attached hydrogen (secondary N) is 2. The summed E-state index contributed by atoms with van der Waals surface area (Å²) in [5, 5.41) is 14.7. The SMILES string of the molecule is CCc1ccccc1NC(=O)CSc1nnc([C@H](C)NC(=O)c2ccccc2F)n1CC. The van der Waals surface area contributed by atoms with Crippen LogP contribution in [0.5, 0.6) is 0 Å². The Kier molecular flexibility index (Phi) is 7.99. The van der Waals surface area contributed by atoms with Gasteiger partial charge >= 0.3 is 0 Å². The molecule has 2 amide bonds. The number of benzene rings is 2. The average Bonchev–Trinajstić information content (AvgIpc) is 3.21. The van der Waals surface area contributed by atoms with E-state index in [-0.39, 0.29) is 17.2 Å². The number of para-hydroxylation sites is 1. The normalized spacial score (nSPS) is 11.8. The first-order chi connectivity index (χ1) is 15.4. The minimum atomic E-state index is -0.582. The number of amides is 2. The van der Waals surface area contributed by atoms with Crippen LogP contribution < -0.4 is 10.6 Å². The highest BCUT2D eigenvalue weighted by molar-refractivity contribution is 7.99. The van der Waals surface area contributed by atoms with Crippen LogP contribution in [0.15, 0.2) is 53.7 Å². The Morgan fingerprint density at radius 1 is 1.09 bits per heavy atom. The van der Waals surface area contributed by atoms with Crippen LogP contribution >= 0.6 is 11.8 Å². The standard InChI is InChI=1S/C23H26FN5O2S/c1-4-16-10-6-9-13-19(16)26-20(30)14-32-23-28-27-21(29(23)5-2)15(3)25-22(31)17-11-7-8-12-18(17)24/h6-13,15H,4-5,14H2,1-3H3,(H,25,31)(H,26,30)/t15-/m0/s1. The molecule has 3 aromatic rings. The predicted molar refractivity (Wildman–Crippen MR) is 123 cm³/mol. The molecule has 2 aromatic carbocycles. The molecular weight excluding hydrogens is 429 g/mol. The van der Waals surface area contributed by atoms with Crippen molar-refractivity contribution in [2.45, 2.75) is 44.9 Å². The lowest BCUT2D eigenvalue weighted by molar-refractivity contribution is -0.113. The van der Waals surface area contributed by atoms with E-state index in [1.807, 2.05) is 42.7 Å². The Morgan fingerprint density at radius 3 is 2.53 bits per heavy atom. The first kappa shape index (κ1) is 23.5. The van der Waals surface area contributed by atoms with Gasteiger partial charge in [-0.1, -0.05) is 49.0 Å². The minimum absolute atomic E-state index is 0.0273. The van der Waals surface area contributed by atoms with Gasteiger partial charge in [0.05, 0.1) is 17.4 Å². The van der Waals surface area contributed by atoms with Crippen molar-refractivity contribution in [2.24, 2.45) is 0 Å². The van der Waals surface area contributed by atoms with E-state index in [1.54, 1.807) is 13.0 Å². The number of hydrogen-bond donors (Lipinski definition) is 2. The van der Waals surface area contributed by atoms with Crippen LogP contribution in [0.25, 0.3) is 0 Å². The van der Waals surface area contributed by atoms with Gasteiger partial charge < -0.3 is 15.2 Å². The van der Waals surface area contributed by atoms with E-state index in [2.05, 4.69) is 20.8 Å². The van der Waals surface area contributed by atoms with E-state index >= 15 is 0 Å². The number of hydrogen-bond acceptors (Lipinski definition) is 5. The maximum Gasteiger partial charge on any atom is 0.254 e. The number of anilines is 1. The highest BCUT2D eigenvalue weighted by Crippen LogP contribution is 2.22. The number of aryl methyl sites for hydroxylation is 1. The van der Waals surface area contributed by atoms with Gasteiger partial charge in [-0.2, -0.15) is 0 Å². The summed E-state index contributed by atoms with van der Waals surface area (Å²) in [5.74, 6) is -0.530. The first-order valence-electron chi connectivity index (χ1n) is 10.4. The number of nitrogens with zero attached hydrogens (tertiary/aromatic N) is 3. The fraction of sp³-hybridized carbons (Fsp3) is 0.304. The van der Waals surface area contributed by atoms with Crippen molar-refractivity contribution in [3.05, 3.63) is 71.3 Å². The van der Waals surface area contributed by atoms with Gasteiger partial charge in [-0.3, -0.25) is 9.59 Å². The second-order valence-corrected chi connectivity index (χ2v) is 8.05. The van der Waals surface area contributed by atoms with Crippen LogP contribution in [0.3, 0.4) is 0 Å². The topological polar surface area (TPSA) is 88.9 Å².